The van der Waals surface area contributed by atoms with Gasteiger partial charge >= 0.3 is 0 Å². The van der Waals surface area contributed by atoms with Crippen LogP contribution in [-0.4, -0.2) is 42.4 Å². The Bertz CT molecular complexity index is 5480. The zero-order valence-electron chi connectivity index (χ0n) is 65.8. The van der Waals surface area contributed by atoms with Crippen LogP contribution in [0, 0.1) is 13.8 Å². The normalized spacial score (nSPS) is 10.8. The zero-order chi connectivity index (χ0) is 78.8. The van der Waals surface area contributed by atoms with Crippen molar-refractivity contribution >= 4 is 108 Å². The van der Waals surface area contributed by atoms with E-state index in [2.05, 4.69) is 414 Å². The monoisotopic (exact) mass is 1490 g/mol. The molecule has 0 atom stereocenters. The maximum Gasteiger partial charge on any atom is 0.120 e. The molecule has 15 aromatic carbocycles. The van der Waals surface area contributed by atoms with Crippen molar-refractivity contribution in [3.63, 3.8) is 0 Å². The van der Waals surface area contributed by atoms with Gasteiger partial charge in [0.15, 0.2) is 0 Å². The molecule has 0 bridgehead atoms. The number of ether oxygens (including phenoxy) is 2. The zero-order valence-corrected chi connectivity index (χ0v) is 65.8. The molecule has 114 heavy (non-hydrogen) atoms. The molecule has 0 N–H and O–H groups in total. The van der Waals surface area contributed by atoms with Crippen molar-refractivity contribution in [2.75, 3.05) is 81.6 Å². The molecule has 0 aromatic heterocycles. The van der Waals surface area contributed by atoms with Crippen LogP contribution in [0.1, 0.15) is 11.1 Å². The molecule has 0 radical (unpaired) electrons. The predicted molar refractivity (Wildman–Crippen MR) is 483 cm³/mol. The Hall–Kier alpha value is -14.7. The van der Waals surface area contributed by atoms with Crippen molar-refractivity contribution in [3.05, 3.63) is 453 Å². The van der Waals surface area contributed by atoms with Gasteiger partial charge in [-0.15, -0.1) is 0 Å². The fourth-order valence-electron chi connectivity index (χ4n) is 13.4. The smallest absolute Gasteiger partial charge is 0.120 e. The minimum atomic E-state index is 0.846. The third-order valence-electron chi connectivity index (χ3n) is 19.7. The Morgan fingerprint density at radius 3 is 0.746 bits per heavy atom. The van der Waals surface area contributed by atoms with E-state index in [0.717, 1.165) is 114 Å². The van der Waals surface area contributed by atoms with Gasteiger partial charge in [0, 0.05) is 148 Å². The highest BCUT2D eigenvalue weighted by atomic mass is 16.5. The second kappa shape index (κ2) is 38.6. The number of benzene rings is 15. The van der Waals surface area contributed by atoms with Gasteiger partial charge < -0.3 is 48.7 Å². The molecule has 0 heterocycles. The molecule has 16 rings (SSSR count). The van der Waals surface area contributed by atoms with Gasteiger partial charge in [0.1, 0.15) is 11.5 Å². The first-order valence-electron chi connectivity index (χ1n) is 38.2. The lowest BCUT2D eigenvalue weighted by molar-refractivity contribution is 0.415. The largest absolute Gasteiger partial charge is 0.497 e. The topological polar surface area (TPSA) is 44.4 Å². The number of hydrogen-bond donors (Lipinski definition) is 0. The Morgan fingerprint density at radius 1 is 0.202 bits per heavy atom. The third-order valence-corrected chi connectivity index (χ3v) is 19.7. The summed E-state index contributed by atoms with van der Waals surface area (Å²) >= 11 is 0. The Labute approximate surface area is 673 Å². The van der Waals surface area contributed by atoms with Crippen molar-refractivity contribution in [3.8, 4) is 11.5 Å². The Kier molecular flexibility index (Phi) is 26.2. The van der Waals surface area contributed by atoms with Gasteiger partial charge in [-0.1, -0.05) is 175 Å². The van der Waals surface area contributed by atoms with Crippen LogP contribution in [0.2, 0.25) is 0 Å². The van der Waals surface area contributed by atoms with Crippen molar-refractivity contribution in [2.45, 2.75) is 13.8 Å². The van der Waals surface area contributed by atoms with Gasteiger partial charge in [-0.2, -0.15) is 0 Å². The van der Waals surface area contributed by atoms with Gasteiger partial charge in [-0.25, -0.2) is 0 Å². The molecule has 10 nitrogen and oxygen atoms in total. The van der Waals surface area contributed by atoms with Crippen LogP contribution in [0.4, 0.5) is 108 Å². The van der Waals surface area contributed by atoms with Gasteiger partial charge in [-0.05, 0) is 274 Å². The molecular formula is C104H94N8O2. The standard InChI is InChI=1S/C26H22N2O.C26H24N2O.2C26H24N2/c1-27(25-14-9-15-26(20-25)29-2)21-16-18-24(19-17-21)28(22-10-5-3-6-11-22)23-12-7-4-8-13-23;1-27(22-17-19-26(29-2)20-18-22)21-13-15-25(16-14-21)28(23-9-5-3-6-10-23)24-11-7-4-8-12-24;1-21-10-9-15-26(20-21)27(2)22-16-18-25(19-17-22)28(23-11-5-3-6-12-23)24-13-7-4-8-14-24;1-21-13-15-22(16-14-21)27(2)23-17-19-26(20-18-23)28(24-9-5-3-6-10-24)25-11-7-4-8-12-25/h3,5-7,9-20H,1-2H3;3-20H,1-2H3;2*3-20H,1-2H3. The van der Waals surface area contributed by atoms with Crippen molar-refractivity contribution in [1.29, 1.82) is 0 Å². The molecule has 0 spiro atoms. The first-order valence-corrected chi connectivity index (χ1v) is 38.2. The van der Waals surface area contributed by atoms with Gasteiger partial charge in [0.05, 0.1) is 19.9 Å². The van der Waals surface area contributed by atoms with E-state index < -0.39 is 0 Å². The van der Waals surface area contributed by atoms with E-state index in [-0.39, 0.29) is 0 Å². The molecule has 562 valence electrons. The van der Waals surface area contributed by atoms with E-state index in [1.54, 1.807) is 14.2 Å². The van der Waals surface area contributed by atoms with Crippen molar-refractivity contribution in [1.82, 2.24) is 0 Å². The summed E-state index contributed by atoms with van der Waals surface area (Å²) in [6, 6.07) is 141. The molecule has 0 unspecified atom stereocenters. The molecule has 1 aliphatic carbocycles. The number of methoxy groups -OCH3 is 2. The lowest BCUT2D eigenvalue weighted by Gasteiger charge is -2.27. The highest BCUT2D eigenvalue weighted by Crippen LogP contribution is 2.41. The van der Waals surface area contributed by atoms with Gasteiger partial charge in [0.2, 0.25) is 0 Å². The second-order valence-corrected chi connectivity index (χ2v) is 27.3. The number of anilines is 19. The summed E-state index contributed by atoms with van der Waals surface area (Å²) in [4.78, 5) is 17.7. The van der Waals surface area contributed by atoms with Crippen LogP contribution >= 0.6 is 0 Å². The average Bonchev–Trinajstić information content (AvgIpc) is 0.818. The SMILES string of the molecule is COc1ccc(N(C)c2ccc(N(c3ccccc3)c3ccccc3)cc2)cc1.COc1cccc(N(C)c2ccc(N(C3=CC=C=C=C3)c3ccccc3)cc2)c1.Cc1ccc(N(C)c2ccc(N(c3ccccc3)c3ccccc3)cc2)cc1.Cc1cccc(N(C)c2ccc(N(c3ccccc3)c3ccccc3)cc2)c1. The van der Waals surface area contributed by atoms with Crippen molar-refractivity contribution < 1.29 is 9.47 Å². The molecule has 0 saturated carbocycles. The van der Waals surface area contributed by atoms with Crippen molar-refractivity contribution in [2.24, 2.45) is 0 Å². The molecular weight excluding hydrogens is 1390 g/mol. The van der Waals surface area contributed by atoms with Crippen LogP contribution in [-0.2, 0) is 0 Å². The minimum Gasteiger partial charge on any atom is -0.497 e. The van der Waals surface area contributed by atoms with Crippen LogP contribution in [0.3, 0.4) is 0 Å². The summed E-state index contributed by atoms with van der Waals surface area (Å²) < 4.78 is 10.6. The molecule has 0 aliphatic heterocycles. The van der Waals surface area contributed by atoms with Crippen LogP contribution in [0.5, 0.6) is 11.5 Å². The van der Waals surface area contributed by atoms with E-state index in [9.17, 15) is 0 Å². The number of aryl methyl sites for hydroxylation is 2. The first-order chi connectivity index (χ1) is 56.0. The molecule has 10 heteroatoms. The van der Waals surface area contributed by atoms with Gasteiger partial charge in [0.25, 0.3) is 0 Å². The molecule has 15 aromatic rings. The molecule has 1 aliphatic rings. The van der Waals surface area contributed by atoms with Crippen LogP contribution < -0.4 is 48.7 Å². The minimum absolute atomic E-state index is 0.846. The molecule has 0 saturated heterocycles. The lowest BCUT2D eigenvalue weighted by atomic mass is 10.1. The van der Waals surface area contributed by atoms with Gasteiger partial charge in [-0.3, -0.25) is 0 Å². The predicted octanol–water partition coefficient (Wildman–Crippen LogP) is 27.8. The summed E-state index contributed by atoms with van der Waals surface area (Å²) in [7, 11) is 11.7. The van der Waals surface area contributed by atoms with E-state index >= 15 is 0 Å². The Balaban J connectivity index is 0.000000133. The summed E-state index contributed by atoms with van der Waals surface area (Å²) in [5, 5.41) is 0. The fraction of sp³-hybridized carbons (Fsp3) is 0.0769. The number of hydrogen-bond acceptors (Lipinski definition) is 10. The molecule has 0 amide bonds. The van der Waals surface area contributed by atoms with Crippen LogP contribution in [0.15, 0.2) is 442 Å². The summed E-state index contributed by atoms with van der Waals surface area (Å²) in [5.74, 6) is 1.71. The maximum absolute atomic E-state index is 5.35. The quantitative estimate of drug-likeness (QED) is 0.0613. The maximum atomic E-state index is 5.35. The fourth-order valence-corrected chi connectivity index (χ4v) is 13.4. The van der Waals surface area contributed by atoms with Crippen LogP contribution in [0.25, 0.3) is 0 Å². The highest BCUT2D eigenvalue weighted by Gasteiger charge is 2.19. The van der Waals surface area contributed by atoms with E-state index in [0.29, 0.717) is 0 Å². The number of allylic oxidation sites excluding steroid dienone is 3. The molecule has 0 fully saturated rings. The summed E-state index contributed by atoms with van der Waals surface area (Å²) in [6.45, 7) is 4.23. The third kappa shape index (κ3) is 19.8. The van der Waals surface area contributed by atoms with E-state index in [1.165, 1.54) is 22.5 Å². The number of para-hydroxylation sites is 7. The van der Waals surface area contributed by atoms with E-state index in [4.69, 9.17) is 9.47 Å². The highest BCUT2D eigenvalue weighted by molar-refractivity contribution is 5.82. The second-order valence-electron chi connectivity index (χ2n) is 27.3. The summed E-state index contributed by atoms with van der Waals surface area (Å²) in [6.07, 6.45) is 5.87. The average molecular weight is 1490 g/mol. The summed E-state index contributed by atoms with van der Waals surface area (Å²) in [5.41, 5.74) is 31.1. The first kappa shape index (κ1) is 77.5. The Morgan fingerprint density at radius 2 is 0.447 bits per heavy atom. The lowest BCUT2D eigenvalue weighted by Crippen LogP contribution is -2.15. The number of rotatable bonds is 22. The number of nitrogens with zero attached hydrogens (tertiary/aromatic N) is 8. The van der Waals surface area contributed by atoms with E-state index in [1.807, 2.05) is 103 Å².